The molecular formula is C23H20N4O. The molecule has 0 bridgehead atoms. The maximum absolute atomic E-state index is 12.4. The van der Waals surface area contributed by atoms with E-state index in [-0.39, 0.29) is 5.78 Å². The van der Waals surface area contributed by atoms with Crippen LogP contribution in [0, 0.1) is 0 Å². The number of carbonyl (C=O) groups is 1. The van der Waals surface area contributed by atoms with Crippen LogP contribution >= 0.6 is 0 Å². The number of benzene rings is 1. The van der Waals surface area contributed by atoms with E-state index in [4.69, 9.17) is 0 Å². The third-order valence-electron chi connectivity index (χ3n) is 4.44. The molecule has 0 fully saturated rings. The molecule has 0 aliphatic carbocycles. The zero-order valence-electron chi connectivity index (χ0n) is 15.4. The number of H-pyrrole nitrogens is 1. The Morgan fingerprint density at radius 3 is 2.61 bits per heavy atom. The second-order valence-corrected chi connectivity index (χ2v) is 6.65. The first-order chi connectivity index (χ1) is 13.8. The van der Waals surface area contributed by atoms with Gasteiger partial charge in [0.2, 0.25) is 0 Å². The third-order valence-corrected chi connectivity index (χ3v) is 4.44. The fraction of sp³-hybridized carbons (Fsp3) is 0.130. The van der Waals surface area contributed by atoms with Gasteiger partial charge in [-0.05, 0) is 41.5 Å². The van der Waals surface area contributed by atoms with Gasteiger partial charge in [0.1, 0.15) is 11.6 Å². The normalized spacial score (nSPS) is 10.7. The molecular weight excluding hydrogens is 348 g/mol. The van der Waals surface area contributed by atoms with E-state index in [9.17, 15) is 4.79 Å². The average molecular weight is 368 g/mol. The van der Waals surface area contributed by atoms with Crippen molar-refractivity contribution in [3.05, 3.63) is 102 Å². The van der Waals surface area contributed by atoms with Crippen molar-refractivity contribution in [2.75, 3.05) is 0 Å². The molecule has 0 radical (unpaired) electrons. The molecule has 3 aromatic heterocycles. The average Bonchev–Trinajstić information content (AvgIpc) is 3.24. The highest BCUT2D eigenvalue weighted by molar-refractivity contribution is 5.82. The van der Waals surface area contributed by atoms with Crippen molar-refractivity contribution in [3.8, 4) is 11.4 Å². The number of aromatic amines is 1. The predicted molar refractivity (Wildman–Crippen MR) is 108 cm³/mol. The summed E-state index contributed by atoms with van der Waals surface area (Å²) in [6.45, 7) is 0. The summed E-state index contributed by atoms with van der Waals surface area (Å²) in [6, 6.07) is 19.5. The lowest BCUT2D eigenvalue weighted by molar-refractivity contribution is -0.117. The molecule has 0 amide bonds. The van der Waals surface area contributed by atoms with Crippen LogP contribution in [0.4, 0.5) is 0 Å². The fourth-order valence-corrected chi connectivity index (χ4v) is 3.15. The van der Waals surface area contributed by atoms with Crippen LogP contribution in [0.2, 0.25) is 0 Å². The number of pyridine rings is 1. The fourth-order valence-electron chi connectivity index (χ4n) is 3.15. The molecule has 1 N–H and O–H groups in total. The lowest BCUT2D eigenvalue weighted by Crippen LogP contribution is -2.08. The number of aromatic nitrogens is 4. The predicted octanol–water partition coefficient (Wildman–Crippen LogP) is 3.81. The van der Waals surface area contributed by atoms with Crippen molar-refractivity contribution in [2.45, 2.75) is 19.3 Å². The summed E-state index contributed by atoms with van der Waals surface area (Å²) >= 11 is 0. The minimum absolute atomic E-state index is 0.154. The minimum atomic E-state index is 0.154. The Morgan fingerprint density at radius 1 is 0.857 bits per heavy atom. The van der Waals surface area contributed by atoms with Crippen LogP contribution in [-0.4, -0.2) is 25.7 Å². The molecule has 0 aliphatic rings. The van der Waals surface area contributed by atoms with Crippen molar-refractivity contribution in [1.29, 1.82) is 0 Å². The lowest BCUT2D eigenvalue weighted by Gasteiger charge is -2.06. The van der Waals surface area contributed by atoms with Crippen molar-refractivity contribution < 1.29 is 4.79 Å². The number of carbonyl (C=O) groups excluding carboxylic acids is 1. The smallest absolute Gasteiger partial charge is 0.143 e. The van der Waals surface area contributed by atoms with E-state index in [1.54, 1.807) is 12.4 Å². The van der Waals surface area contributed by atoms with Crippen LogP contribution in [-0.2, 0) is 24.1 Å². The summed E-state index contributed by atoms with van der Waals surface area (Å²) in [5.74, 6) is 0.907. The van der Waals surface area contributed by atoms with E-state index < -0.39 is 0 Å². The van der Waals surface area contributed by atoms with Gasteiger partial charge in [0.25, 0.3) is 0 Å². The number of nitrogens with zero attached hydrogens (tertiary/aromatic N) is 3. The molecule has 0 atom stereocenters. The van der Waals surface area contributed by atoms with Crippen molar-refractivity contribution in [3.63, 3.8) is 0 Å². The maximum atomic E-state index is 12.4. The first-order valence-electron chi connectivity index (χ1n) is 9.21. The molecule has 4 rings (SSSR count). The second kappa shape index (κ2) is 8.39. The SMILES string of the molecule is O=C(Cc1cccc(Cc2nccc(-c3ccc[nH]3)n2)c1)Cc1ccccn1. The van der Waals surface area contributed by atoms with Gasteiger partial charge in [0.15, 0.2) is 0 Å². The first kappa shape index (κ1) is 17.8. The molecule has 28 heavy (non-hydrogen) atoms. The van der Waals surface area contributed by atoms with E-state index >= 15 is 0 Å². The van der Waals surface area contributed by atoms with Gasteiger partial charge < -0.3 is 4.98 Å². The topological polar surface area (TPSA) is 71.5 Å². The van der Waals surface area contributed by atoms with Crippen molar-refractivity contribution >= 4 is 5.78 Å². The van der Waals surface area contributed by atoms with Crippen LogP contribution < -0.4 is 0 Å². The number of hydrogen-bond acceptors (Lipinski definition) is 4. The first-order valence-corrected chi connectivity index (χ1v) is 9.21. The van der Waals surface area contributed by atoms with Gasteiger partial charge in [-0.15, -0.1) is 0 Å². The Balaban J connectivity index is 1.44. The Hall–Kier alpha value is -3.60. The molecule has 5 heteroatoms. The van der Waals surface area contributed by atoms with Crippen LogP contribution in [0.25, 0.3) is 11.4 Å². The Labute approximate surface area is 163 Å². The molecule has 0 spiro atoms. The van der Waals surface area contributed by atoms with Gasteiger partial charge in [-0.2, -0.15) is 0 Å². The zero-order valence-corrected chi connectivity index (χ0v) is 15.4. The summed E-state index contributed by atoms with van der Waals surface area (Å²) < 4.78 is 0. The summed E-state index contributed by atoms with van der Waals surface area (Å²) in [7, 11) is 0. The molecule has 0 aliphatic heterocycles. The van der Waals surface area contributed by atoms with Gasteiger partial charge in [-0.25, -0.2) is 9.97 Å². The number of Topliss-reactive ketones (excluding diaryl/α,β-unsaturated/α-hetero) is 1. The van der Waals surface area contributed by atoms with E-state index in [1.807, 2.05) is 60.8 Å². The highest BCUT2D eigenvalue weighted by atomic mass is 16.1. The summed E-state index contributed by atoms with van der Waals surface area (Å²) in [6.07, 6.45) is 6.74. The summed E-state index contributed by atoms with van der Waals surface area (Å²) in [5, 5.41) is 0. The molecule has 1 aromatic carbocycles. The summed E-state index contributed by atoms with van der Waals surface area (Å²) in [4.78, 5) is 28.8. The minimum Gasteiger partial charge on any atom is -0.360 e. The van der Waals surface area contributed by atoms with Gasteiger partial charge in [-0.1, -0.05) is 30.3 Å². The van der Waals surface area contributed by atoms with Crippen LogP contribution in [0.3, 0.4) is 0 Å². The molecule has 0 unspecified atom stereocenters. The van der Waals surface area contributed by atoms with Crippen LogP contribution in [0.15, 0.2) is 79.3 Å². The monoisotopic (exact) mass is 368 g/mol. The quantitative estimate of drug-likeness (QED) is 0.538. The van der Waals surface area contributed by atoms with E-state index in [0.29, 0.717) is 19.3 Å². The third kappa shape index (κ3) is 4.57. The number of ketones is 1. The highest BCUT2D eigenvalue weighted by Crippen LogP contribution is 2.16. The molecule has 4 aromatic rings. The Morgan fingerprint density at radius 2 is 1.79 bits per heavy atom. The second-order valence-electron chi connectivity index (χ2n) is 6.65. The van der Waals surface area contributed by atoms with Crippen LogP contribution in [0.5, 0.6) is 0 Å². The van der Waals surface area contributed by atoms with Gasteiger partial charge in [0, 0.05) is 43.5 Å². The molecule has 3 heterocycles. The van der Waals surface area contributed by atoms with Gasteiger partial charge in [0.05, 0.1) is 11.4 Å². The van der Waals surface area contributed by atoms with Crippen LogP contribution in [0.1, 0.15) is 22.6 Å². The largest absolute Gasteiger partial charge is 0.360 e. The number of rotatable bonds is 7. The van der Waals surface area contributed by atoms with E-state index in [2.05, 4.69) is 26.0 Å². The van der Waals surface area contributed by atoms with Gasteiger partial charge in [-0.3, -0.25) is 9.78 Å². The maximum Gasteiger partial charge on any atom is 0.143 e. The molecule has 138 valence electrons. The Bertz CT molecular complexity index is 1060. The van der Waals surface area contributed by atoms with E-state index in [0.717, 1.165) is 34.0 Å². The zero-order chi connectivity index (χ0) is 19.2. The number of nitrogens with one attached hydrogen (secondary N) is 1. The molecule has 5 nitrogen and oxygen atoms in total. The van der Waals surface area contributed by atoms with Gasteiger partial charge >= 0.3 is 0 Å². The number of hydrogen-bond donors (Lipinski definition) is 1. The standard InChI is InChI=1S/C23H20N4O/c28-20(16-19-7-1-2-10-24-19)14-17-5-3-6-18(13-17)15-23-26-12-9-22(27-23)21-8-4-11-25-21/h1-13,25H,14-16H2. The molecule has 0 saturated heterocycles. The Kier molecular flexibility index (Phi) is 5.33. The lowest BCUT2D eigenvalue weighted by atomic mass is 10.0. The highest BCUT2D eigenvalue weighted by Gasteiger charge is 2.08. The van der Waals surface area contributed by atoms with Crippen molar-refractivity contribution in [1.82, 2.24) is 19.9 Å². The van der Waals surface area contributed by atoms with Crippen molar-refractivity contribution in [2.24, 2.45) is 0 Å². The van der Waals surface area contributed by atoms with E-state index in [1.165, 1.54) is 0 Å². The molecule has 0 saturated carbocycles. The summed E-state index contributed by atoms with van der Waals surface area (Å²) in [5.41, 5.74) is 4.73.